The van der Waals surface area contributed by atoms with Crippen molar-refractivity contribution in [1.82, 2.24) is 4.98 Å². The van der Waals surface area contributed by atoms with Crippen LogP contribution >= 0.6 is 15.9 Å². The van der Waals surface area contributed by atoms with Crippen molar-refractivity contribution in [2.45, 2.75) is 25.4 Å². The Morgan fingerprint density at radius 1 is 1.44 bits per heavy atom. The Morgan fingerprint density at radius 2 is 2.24 bits per heavy atom. The molecule has 0 fully saturated rings. The van der Waals surface area contributed by atoms with E-state index in [-0.39, 0.29) is 12.0 Å². The first-order valence-corrected chi connectivity index (χ1v) is 8.61. The third-order valence-electron chi connectivity index (χ3n) is 4.18. The van der Waals surface area contributed by atoms with Crippen molar-refractivity contribution < 1.29 is 9.47 Å². The molecule has 6 nitrogen and oxygen atoms in total. The third-order valence-corrected chi connectivity index (χ3v) is 4.78. The molecule has 0 spiro atoms. The van der Waals surface area contributed by atoms with Crippen LogP contribution in [-0.4, -0.2) is 18.0 Å². The van der Waals surface area contributed by atoms with Crippen LogP contribution in [0.15, 0.2) is 28.9 Å². The van der Waals surface area contributed by atoms with E-state index in [0.717, 1.165) is 30.5 Å². The van der Waals surface area contributed by atoms with Crippen LogP contribution in [0, 0.1) is 16.7 Å². The number of methoxy groups -OCH3 is 1. The number of nitrogens with two attached hydrogens (primary N) is 1. The lowest BCUT2D eigenvalue weighted by Crippen LogP contribution is -2.18. The van der Waals surface area contributed by atoms with Crippen molar-refractivity contribution in [3.63, 3.8) is 0 Å². The van der Waals surface area contributed by atoms with Crippen molar-refractivity contribution in [2.24, 2.45) is 0 Å². The van der Waals surface area contributed by atoms with E-state index in [0.29, 0.717) is 27.2 Å². The Morgan fingerprint density at radius 3 is 2.96 bits per heavy atom. The Bertz CT molecular complexity index is 876. The molecule has 2 aromatic rings. The van der Waals surface area contributed by atoms with Gasteiger partial charge in [0.2, 0.25) is 5.90 Å². The topological polar surface area (TPSA) is 105 Å². The fourth-order valence-corrected chi connectivity index (χ4v) is 3.31. The van der Waals surface area contributed by atoms with Crippen LogP contribution in [0.3, 0.4) is 0 Å². The zero-order chi connectivity index (χ0) is 18.0. The summed E-state index contributed by atoms with van der Waals surface area (Å²) in [6, 6.07) is 9.19. The summed E-state index contributed by atoms with van der Waals surface area (Å²) in [6.07, 6.45) is 2.47. The van der Waals surface area contributed by atoms with E-state index in [1.54, 1.807) is 18.2 Å². The number of nitrogens with one attached hydrogen (secondary N) is 1. The number of pyridine rings is 1. The standard InChI is InChI=1S/C18H17BrN4O2/c1-24-18(22)13-8-12(5-6-14(13)21)25-15-4-2-3-10-7-11(9-20)17(19)23-16(10)15/h5-8,15,22H,2-4,21H2,1H3. The SMILES string of the molecule is COC(=N)c1cc(OC2CCCc3cc(C#N)c(Br)nc32)ccc1N. The van der Waals surface area contributed by atoms with E-state index >= 15 is 0 Å². The summed E-state index contributed by atoms with van der Waals surface area (Å²) < 4.78 is 11.6. The Hall–Kier alpha value is -2.59. The maximum Gasteiger partial charge on any atom is 0.215 e. The number of aromatic nitrogens is 1. The second-order valence-electron chi connectivity index (χ2n) is 5.76. The second kappa shape index (κ2) is 7.11. The number of nitriles is 1. The first-order chi connectivity index (χ1) is 12.0. The van der Waals surface area contributed by atoms with Crippen LogP contribution in [0.1, 0.15) is 41.3 Å². The average molecular weight is 401 g/mol. The van der Waals surface area contributed by atoms with Gasteiger partial charge in [-0.1, -0.05) is 0 Å². The van der Waals surface area contributed by atoms with E-state index < -0.39 is 0 Å². The summed E-state index contributed by atoms with van der Waals surface area (Å²) in [5, 5.41) is 17.0. The predicted molar refractivity (Wildman–Crippen MR) is 97.7 cm³/mol. The van der Waals surface area contributed by atoms with Crippen LogP contribution in [0.25, 0.3) is 0 Å². The lowest BCUT2D eigenvalue weighted by molar-refractivity contribution is 0.178. The van der Waals surface area contributed by atoms with E-state index in [9.17, 15) is 0 Å². The summed E-state index contributed by atoms with van der Waals surface area (Å²) in [6.45, 7) is 0. The highest BCUT2D eigenvalue weighted by Crippen LogP contribution is 2.35. The van der Waals surface area contributed by atoms with Crippen molar-refractivity contribution in [2.75, 3.05) is 12.8 Å². The molecule has 1 unspecified atom stereocenters. The van der Waals surface area contributed by atoms with Crippen LogP contribution in [-0.2, 0) is 11.2 Å². The molecule has 1 aliphatic rings. The van der Waals surface area contributed by atoms with Gasteiger partial charge in [0.1, 0.15) is 22.5 Å². The number of hydrogen-bond donors (Lipinski definition) is 2. The molecular formula is C18H17BrN4O2. The molecule has 7 heteroatoms. The number of hydrogen-bond acceptors (Lipinski definition) is 6. The minimum absolute atomic E-state index is 0.00785. The second-order valence-corrected chi connectivity index (χ2v) is 6.52. The number of nitrogen functional groups attached to an aromatic ring is 1. The fourth-order valence-electron chi connectivity index (χ4n) is 2.91. The summed E-state index contributed by atoms with van der Waals surface area (Å²) in [4.78, 5) is 4.53. The Labute approximate surface area is 154 Å². The quantitative estimate of drug-likeness (QED) is 0.353. The number of ether oxygens (including phenoxy) is 2. The van der Waals surface area contributed by atoms with Crippen LogP contribution in [0.2, 0.25) is 0 Å². The number of rotatable bonds is 3. The number of anilines is 1. The smallest absolute Gasteiger partial charge is 0.215 e. The monoisotopic (exact) mass is 400 g/mol. The molecule has 1 aliphatic carbocycles. The summed E-state index contributed by atoms with van der Waals surface area (Å²) in [5.41, 5.74) is 9.27. The van der Waals surface area contributed by atoms with E-state index in [4.69, 9.17) is 25.9 Å². The molecule has 1 aromatic heterocycles. The maximum atomic E-state index is 9.16. The van der Waals surface area contributed by atoms with Crippen molar-refractivity contribution in [1.29, 1.82) is 10.7 Å². The molecule has 1 atom stereocenters. The van der Waals surface area contributed by atoms with Gasteiger partial charge in [0.25, 0.3) is 0 Å². The first-order valence-electron chi connectivity index (χ1n) is 7.82. The molecule has 1 aromatic carbocycles. The zero-order valence-corrected chi connectivity index (χ0v) is 15.3. The van der Waals surface area contributed by atoms with Gasteiger partial charge in [0.15, 0.2) is 0 Å². The predicted octanol–water partition coefficient (Wildman–Crippen LogP) is 3.73. The number of fused-ring (bicyclic) bond motifs is 1. The normalized spacial score (nSPS) is 15.8. The first kappa shape index (κ1) is 17.2. The molecule has 1 heterocycles. The maximum absolute atomic E-state index is 9.16. The number of aryl methyl sites for hydroxylation is 1. The third kappa shape index (κ3) is 3.44. The molecule has 0 saturated heterocycles. The van der Waals surface area contributed by atoms with Gasteiger partial charge in [-0.3, -0.25) is 5.41 Å². The highest BCUT2D eigenvalue weighted by molar-refractivity contribution is 9.10. The zero-order valence-electron chi connectivity index (χ0n) is 13.7. The van der Waals surface area contributed by atoms with Gasteiger partial charge >= 0.3 is 0 Å². The molecular weight excluding hydrogens is 384 g/mol. The van der Waals surface area contributed by atoms with Crippen LogP contribution in [0.5, 0.6) is 5.75 Å². The highest BCUT2D eigenvalue weighted by Gasteiger charge is 2.25. The highest BCUT2D eigenvalue weighted by atomic mass is 79.9. The van der Waals surface area contributed by atoms with Crippen molar-refractivity contribution >= 4 is 27.5 Å². The largest absolute Gasteiger partial charge is 0.484 e. The van der Waals surface area contributed by atoms with Gasteiger partial charge in [-0.05, 0) is 65.0 Å². The van der Waals surface area contributed by atoms with E-state index in [2.05, 4.69) is 27.0 Å². The van der Waals surface area contributed by atoms with Crippen molar-refractivity contribution in [3.8, 4) is 11.8 Å². The van der Waals surface area contributed by atoms with Crippen LogP contribution < -0.4 is 10.5 Å². The lowest BCUT2D eigenvalue weighted by Gasteiger charge is -2.26. The average Bonchev–Trinajstić information content (AvgIpc) is 2.62. The van der Waals surface area contributed by atoms with Gasteiger partial charge in [-0.15, -0.1) is 0 Å². The minimum Gasteiger partial charge on any atom is -0.484 e. The molecule has 128 valence electrons. The molecule has 0 bridgehead atoms. The molecule has 3 rings (SSSR count). The minimum atomic E-state index is -0.207. The summed E-state index contributed by atoms with van der Waals surface area (Å²) in [7, 11) is 1.43. The molecule has 25 heavy (non-hydrogen) atoms. The van der Waals surface area contributed by atoms with Gasteiger partial charge in [-0.25, -0.2) is 4.98 Å². The van der Waals surface area contributed by atoms with E-state index in [1.807, 2.05) is 6.07 Å². The molecule has 0 saturated carbocycles. The molecule has 0 radical (unpaired) electrons. The molecule has 0 aliphatic heterocycles. The Balaban J connectivity index is 1.92. The van der Waals surface area contributed by atoms with Gasteiger partial charge in [-0.2, -0.15) is 5.26 Å². The fraction of sp³-hybridized carbons (Fsp3) is 0.278. The molecule has 0 amide bonds. The van der Waals surface area contributed by atoms with Gasteiger partial charge < -0.3 is 15.2 Å². The van der Waals surface area contributed by atoms with E-state index in [1.165, 1.54) is 7.11 Å². The Kier molecular flexibility index (Phi) is 4.91. The van der Waals surface area contributed by atoms with Gasteiger partial charge in [0.05, 0.1) is 23.9 Å². The van der Waals surface area contributed by atoms with Gasteiger partial charge in [0, 0.05) is 5.69 Å². The summed E-state index contributed by atoms with van der Waals surface area (Å²) >= 11 is 3.35. The molecule has 3 N–H and O–H groups in total. The van der Waals surface area contributed by atoms with Crippen LogP contribution in [0.4, 0.5) is 5.69 Å². The summed E-state index contributed by atoms with van der Waals surface area (Å²) in [5.74, 6) is 0.595. The number of halogens is 1. The van der Waals surface area contributed by atoms with Crippen molar-refractivity contribution in [3.05, 3.63) is 51.3 Å². The lowest BCUT2D eigenvalue weighted by atomic mass is 9.92. The number of benzene rings is 1. The number of nitrogens with zero attached hydrogens (tertiary/aromatic N) is 2.